The quantitative estimate of drug-likeness (QED) is 0.843. The van der Waals surface area contributed by atoms with E-state index in [1.54, 1.807) is 0 Å². The molecule has 128 valence electrons. The summed E-state index contributed by atoms with van der Waals surface area (Å²) in [6.07, 6.45) is 8.45. The number of hydrogen-bond acceptors (Lipinski definition) is 5. The van der Waals surface area contributed by atoms with Gasteiger partial charge in [0.15, 0.2) is 0 Å². The molecule has 2 fully saturated rings. The lowest BCUT2D eigenvalue weighted by Gasteiger charge is -2.27. The number of aliphatic hydroxyl groups excluding tert-OH is 1. The van der Waals surface area contributed by atoms with E-state index in [0.29, 0.717) is 19.0 Å². The van der Waals surface area contributed by atoms with E-state index in [1.165, 1.54) is 44.9 Å². The van der Waals surface area contributed by atoms with Gasteiger partial charge in [-0.3, -0.25) is 0 Å². The maximum atomic E-state index is 10.2. The van der Waals surface area contributed by atoms with Gasteiger partial charge in [0.25, 0.3) is 0 Å². The molecule has 1 saturated carbocycles. The van der Waals surface area contributed by atoms with Crippen LogP contribution in [0, 0.1) is 12.8 Å². The predicted octanol–water partition coefficient (Wildman–Crippen LogP) is 2.42. The van der Waals surface area contributed by atoms with E-state index < -0.39 is 0 Å². The molecule has 23 heavy (non-hydrogen) atoms. The van der Waals surface area contributed by atoms with Crippen molar-refractivity contribution >= 4 is 5.95 Å². The smallest absolute Gasteiger partial charge is 0.225 e. The third-order valence-corrected chi connectivity index (χ3v) is 5.14. The number of aliphatic hydroxyl groups is 1. The Kier molecular flexibility index (Phi) is 5.84. The van der Waals surface area contributed by atoms with Crippen molar-refractivity contribution in [1.82, 2.24) is 15.3 Å². The molecule has 5 nitrogen and oxygen atoms in total. The van der Waals surface area contributed by atoms with E-state index in [9.17, 15) is 5.11 Å². The fourth-order valence-corrected chi connectivity index (χ4v) is 3.80. The molecule has 0 aromatic carbocycles. The standard InChI is InChI=1S/C18H30N4O/c1-14-11-16(12-19-13-17(23)15-7-3-4-8-15)21-18(20-14)22-9-5-2-6-10-22/h11,15,17,19,23H,2-10,12-13H2,1H3. The number of nitrogens with zero attached hydrogens (tertiary/aromatic N) is 3. The van der Waals surface area contributed by atoms with Gasteiger partial charge in [0, 0.05) is 31.9 Å². The Morgan fingerprint density at radius 3 is 2.65 bits per heavy atom. The highest BCUT2D eigenvalue weighted by Crippen LogP contribution is 2.27. The minimum absolute atomic E-state index is 0.220. The van der Waals surface area contributed by atoms with Crippen LogP contribution in [0.15, 0.2) is 6.07 Å². The van der Waals surface area contributed by atoms with Crippen LogP contribution in [0.5, 0.6) is 0 Å². The second-order valence-electron chi connectivity index (χ2n) is 7.09. The van der Waals surface area contributed by atoms with Gasteiger partial charge in [0.2, 0.25) is 5.95 Å². The molecule has 3 rings (SSSR count). The molecular weight excluding hydrogens is 288 g/mol. The fourth-order valence-electron chi connectivity index (χ4n) is 3.80. The summed E-state index contributed by atoms with van der Waals surface area (Å²) < 4.78 is 0. The molecule has 2 N–H and O–H groups in total. The molecule has 1 aromatic rings. The monoisotopic (exact) mass is 318 g/mol. The minimum atomic E-state index is -0.220. The SMILES string of the molecule is Cc1cc(CNCC(O)C2CCCC2)nc(N2CCCCC2)n1. The molecule has 1 atom stereocenters. The number of aromatic nitrogens is 2. The lowest BCUT2D eigenvalue weighted by atomic mass is 10.0. The van der Waals surface area contributed by atoms with Crippen LogP contribution in [0.4, 0.5) is 5.95 Å². The fraction of sp³-hybridized carbons (Fsp3) is 0.778. The van der Waals surface area contributed by atoms with Gasteiger partial charge in [-0.1, -0.05) is 12.8 Å². The first-order valence-corrected chi connectivity index (χ1v) is 9.20. The van der Waals surface area contributed by atoms with Crippen molar-refractivity contribution in [3.05, 3.63) is 17.5 Å². The van der Waals surface area contributed by atoms with Gasteiger partial charge in [0.05, 0.1) is 11.8 Å². The summed E-state index contributed by atoms with van der Waals surface area (Å²) in [4.78, 5) is 11.6. The third-order valence-electron chi connectivity index (χ3n) is 5.14. The lowest BCUT2D eigenvalue weighted by molar-refractivity contribution is 0.109. The number of nitrogens with one attached hydrogen (secondary N) is 1. The van der Waals surface area contributed by atoms with E-state index in [4.69, 9.17) is 4.98 Å². The zero-order chi connectivity index (χ0) is 16.1. The first-order chi connectivity index (χ1) is 11.2. The maximum absolute atomic E-state index is 10.2. The van der Waals surface area contributed by atoms with Crippen LogP contribution in [0.3, 0.4) is 0 Å². The molecule has 0 bridgehead atoms. The normalized spacial score (nSPS) is 20.9. The molecule has 1 unspecified atom stereocenters. The molecular formula is C18H30N4O. The van der Waals surface area contributed by atoms with E-state index in [-0.39, 0.29) is 6.10 Å². The summed E-state index contributed by atoms with van der Waals surface area (Å²) in [7, 11) is 0. The lowest BCUT2D eigenvalue weighted by Crippen LogP contribution is -2.33. The zero-order valence-corrected chi connectivity index (χ0v) is 14.3. The van der Waals surface area contributed by atoms with E-state index >= 15 is 0 Å². The highest BCUT2D eigenvalue weighted by molar-refractivity contribution is 5.32. The Morgan fingerprint density at radius 1 is 1.17 bits per heavy atom. The van der Waals surface area contributed by atoms with Crippen molar-refractivity contribution in [2.75, 3.05) is 24.5 Å². The summed E-state index contributed by atoms with van der Waals surface area (Å²) in [5.74, 6) is 1.36. The van der Waals surface area contributed by atoms with Crippen molar-refractivity contribution in [2.45, 2.75) is 64.5 Å². The van der Waals surface area contributed by atoms with E-state index in [1.807, 2.05) is 13.0 Å². The van der Waals surface area contributed by atoms with Crippen LogP contribution in [-0.4, -0.2) is 40.8 Å². The Labute approximate surface area is 139 Å². The van der Waals surface area contributed by atoms with Crippen molar-refractivity contribution < 1.29 is 5.11 Å². The van der Waals surface area contributed by atoms with Crippen LogP contribution in [0.25, 0.3) is 0 Å². The van der Waals surface area contributed by atoms with E-state index in [2.05, 4.69) is 15.2 Å². The van der Waals surface area contributed by atoms with Gasteiger partial charge in [-0.2, -0.15) is 0 Å². The number of rotatable bonds is 6. The van der Waals surface area contributed by atoms with Gasteiger partial charge in [-0.25, -0.2) is 9.97 Å². The maximum Gasteiger partial charge on any atom is 0.225 e. The molecule has 0 amide bonds. The summed E-state index contributed by atoms with van der Waals surface area (Å²) >= 11 is 0. The Hall–Kier alpha value is -1.20. The molecule has 2 aliphatic rings. The number of anilines is 1. The Balaban J connectivity index is 1.53. The highest BCUT2D eigenvalue weighted by atomic mass is 16.3. The van der Waals surface area contributed by atoms with Gasteiger partial charge >= 0.3 is 0 Å². The van der Waals surface area contributed by atoms with Crippen molar-refractivity contribution in [3.63, 3.8) is 0 Å². The Bertz CT molecular complexity index is 496. The van der Waals surface area contributed by atoms with Crippen LogP contribution >= 0.6 is 0 Å². The van der Waals surface area contributed by atoms with Crippen molar-refractivity contribution in [2.24, 2.45) is 5.92 Å². The van der Waals surface area contributed by atoms with Crippen LogP contribution in [0.1, 0.15) is 56.3 Å². The van der Waals surface area contributed by atoms with Crippen molar-refractivity contribution in [1.29, 1.82) is 0 Å². The summed E-state index contributed by atoms with van der Waals surface area (Å²) in [6.45, 7) is 5.53. The van der Waals surface area contributed by atoms with Crippen LogP contribution in [0.2, 0.25) is 0 Å². The largest absolute Gasteiger partial charge is 0.392 e. The second-order valence-corrected chi connectivity index (χ2v) is 7.09. The molecule has 1 aliphatic carbocycles. The highest BCUT2D eigenvalue weighted by Gasteiger charge is 2.22. The first-order valence-electron chi connectivity index (χ1n) is 9.20. The average Bonchev–Trinajstić information content (AvgIpc) is 3.10. The first kappa shape index (κ1) is 16.7. The van der Waals surface area contributed by atoms with Crippen LogP contribution < -0.4 is 10.2 Å². The zero-order valence-electron chi connectivity index (χ0n) is 14.3. The topological polar surface area (TPSA) is 61.3 Å². The van der Waals surface area contributed by atoms with Gasteiger partial charge in [0.1, 0.15) is 0 Å². The van der Waals surface area contributed by atoms with E-state index in [0.717, 1.165) is 30.4 Å². The molecule has 0 spiro atoms. The molecule has 0 radical (unpaired) electrons. The van der Waals surface area contributed by atoms with Gasteiger partial charge in [-0.15, -0.1) is 0 Å². The minimum Gasteiger partial charge on any atom is -0.392 e. The number of piperidine rings is 1. The molecule has 5 heteroatoms. The molecule has 1 aromatic heterocycles. The average molecular weight is 318 g/mol. The van der Waals surface area contributed by atoms with Crippen LogP contribution in [-0.2, 0) is 6.54 Å². The Morgan fingerprint density at radius 2 is 1.91 bits per heavy atom. The summed E-state index contributed by atoms with van der Waals surface area (Å²) in [5, 5.41) is 13.6. The van der Waals surface area contributed by atoms with Crippen molar-refractivity contribution in [3.8, 4) is 0 Å². The predicted molar refractivity (Wildman–Crippen MR) is 92.5 cm³/mol. The van der Waals surface area contributed by atoms with Gasteiger partial charge in [-0.05, 0) is 51.0 Å². The molecule has 2 heterocycles. The molecule has 1 aliphatic heterocycles. The molecule has 1 saturated heterocycles. The third kappa shape index (κ3) is 4.64. The summed E-state index contributed by atoms with van der Waals surface area (Å²) in [5.41, 5.74) is 2.05. The number of aryl methyl sites for hydroxylation is 1. The summed E-state index contributed by atoms with van der Waals surface area (Å²) in [6, 6.07) is 2.04. The number of hydrogen-bond donors (Lipinski definition) is 2. The second kappa shape index (κ2) is 8.06. The van der Waals surface area contributed by atoms with Gasteiger partial charge < -0.3 is 15.3 Å².